The van der Waals surface area contributed by atoms with Crippen molar-refractivity contribution < 1.29 is 4.79 Å². The molecule has 0 aliphatic carbocycles. The molecular weight excluding hydrogens is 302 g/mol. The molecule has 2 rings (SSSR count). The first-order valence-corrected chi connectivity index (χ1v) is 8.57. The topological polar surface area (TPSA) is 74.8 Å². The summed E-state index contributed by atoms with van der Waals surface area (Å²) >= 11 is 0. The van der Waals surface area contributed by atoms with Crippen LogP contribution in [0.1, 0.15) is 56.3 Å². The van der Waals surface area contributed by atoms with Gasteiger partial charge in [0, 0.05) is 12.2 Å². The molecule has 0 fully saturated rings. The lowest BCUT2D eigenvalue weighted by atomic mass is 10.1. The highest BCUT2D eigenvalue weighted by Crippen LogP contribution is 2.12. The first-order chi connectivity index (χ1) is 11.6. The van der Waals surface area contributed by atoms with Crippen LogP contribution in [-0.4, -0.2) is 21.9 Å². The highest BCUT2D eigenvalue weighted by molar-refractivity contribution is 5.94. The van der Waals surface area contributed by atoms with Crippen LogP contribution in [0.15, 0.2) is 41.3 Å². The van der Waals surface area contributed by atoms with E-state index in [9.17, 15) is 9.59 Å². The van der Waals surface area contributed by atoms with Gasteiger partial charge < -0.3 is 10.3 Å². The summed E-state index contributed by atoms with van der Waals surface area (Å²) in [6, 6.07) is 8.80. The molecule has 128 valence electrons. The number of aromatic amines is 1. The van der Waals surface area contributed by atoms with Crippen molar-refractivity contribution in [3.63, 3.8) is 0 Å². The number of carbonyl (C=O) groups is 1. The first-order valence-electron chi connectivity index (χ1n) is 8.57. The molecule has 0 aromatic carbocycles. The Morgan fingerprint density at radius 1 is 1.21 bits per heavy atom. The summed E-state index contributed by atoms with van der Waals surface area (Å²) in [5.74, 6) is -0.327. The van der Waals surface area contributed by atoms with Crippen LogP contribution in [0, 0.1) is 0 Å². The lowest BCUT2D eigenvalue weighted by molar-refractivity contribution is 0.0936. The number of hydrogen-bond acceptors (Lipinski definition) is 3. The van der Waals surface area contributed by atoms with Crippen LogP contribution < -0.4 is 10.9 Å². The van der Waals surface area contributed by atoms with Crippen LogP contribution in [-0.2, 0) is 0 Å². The molecule has 0 aliphatic heterocycles. The van der Waals surface area contributed by atoms with E-state index in [1.54, 1.807) is 18.3 Å². The van der Waals surface area contributed by atoms with E-state index < -0.39 is 5.56 Å². The molecule has 0 unspecified atom stereocenters. The van der Waals surface area contributed by atoms with Crippen molar-refractivity contribution in [1.82, 2.24) is 15.3 Å². The third-order valence-electron chi connectivity index (χ3n) is 3.96. The lowest BCUT2D eigenvalue weighted by Crippen LogP contribution is -2.35. The number of unbranched alkanes of at least 4 members (excludes halogenated alkanes) is 3. The maximum absolute atomic E-state index is 12.3. The smallest absolute Gasteiger partial charge is 0.261 e. The van der Waals surface area contributed by atoms with Crippen LogP contribution >= 0.6 is 0 Å². The molecule has 0 bridgehead atoms. The van der Waals surface area contributed by atoms with Crippen LogP contribution in [0.25, 0.3) is 11.4 Å². The quantitative estimate of drug-likeness (QED) is 0.728. The minimum atomic E-state index is -0.395. The van der Waals surface area contributed by atoms with Gasteiger partial charge in [0.05, 0.1) is 11.4 Å². The number of hydrogen-bond donors (Lipinski definition) is 2. The summed E-state index contributed by atoms with van der Waals surface area (Å²) in [6.07, 6.45) is 7.26. The Morgan fingerprint density at radius 2 is 2.04 bits per heavy atom. The van der Waals surface area contributed by atoms with Crippen molar-refractivity contribution in [3.8, 4) is 11.4 Å². The van der Waals surface area contributed by atoms with Crippen molar-refractivity contribution >= 4 is 5.91 Å². The summed E-state index contributed by atoms with van der Waals surface area (Å²) < 4.78 is 0. The minimum absolute atomic E-state index is 0.0595. The molecule has 5 nitrogen and oxygen atoms in total. The van der Waals surface area contributed by atoms with Crippen molar-refractivity contribution in [2.45, 2.75) is 52.0 Å². The second-order valence-electron chi connectivity index (χ2n) is 6.05. The highest BCUT2D eigenvalue weighted by atomic mass is 16.2. The fourth-order valence-electron chi connectivity index (χ4n) is 2.57. The maximum atomic E-state index is 12.3. The molecule has 2 aromatic rings. The Kier molecular flexibility index (Phi) is 6.73. The maximum Gasteiger partial charge on any atom is 0.261 e. The van der Waals surface area contributed by atoms with Gasteiger partial charge in [-0.05, 0) is 37.6 Å². The summed E-state index contributed by atoms with van der Waals surface area (Å²) in [7, 11) is 0. The SMILES string of the molecule is CCCCCC[C@@H](C)NC(=O)c1ccc(-c2ccccn2)[nH]c1=O. The van der Waals surface area contributed by atoms with Gasteiger partial charge in [-0.15, -0.1) is 0 Å². The molecule has 1 amide bonds. The number of carbonyl (C=O) groups excluding carboxylic acids is 1. The highest BCUT2D eigenvalue weighted by Gasteiger charge is 2.14. The van der Waals surface area contributed by atoms with Crippen LogP contribution in [0.2, 0.25) is 0 Å². The molecular formula is C19H25N3O2. The Morgan fingerprint density at radius 3 is 2.71 bits per heavy atom. The van der Waals surface area contributed by atoms with Gasteiger partial charge in [0.2, 0.25) is 0 Å². The Balaban J connectivity index is 1.99. The molecule has 0 spiro atoms. The minimum Gasteiger partial charge on any atom is -0.349 e. The van der Waals surface area contributed by atoms with Gasteiger partial charge in [0.1, 0.15) is 5.56 Å². The molecule has 5 heteroatoms. The number of aromatic nitrogens is 2. The molecule has 0 saturated carbocycles. The predicted octanol–water partition coefficient (Wildman–Crippen LogP) is 3.53. The molecule has 0 aliphatic rings. The zero-order chi connectivity index (χ0) is 17.4. The summed E-state index contributed by atoms with van der Waals surface area (Å²) in [5.41, 5.74) is 1.01. The number of amides is 1. The molecule has 0 saturated heterocycles. The van der Waals surface area contributed by atoms with E-state index in [1.807, 2.05) is 25.1 Å². The van der Waals surface area contributed by atoms with Crippen molar-refractivity contribution in [3.05, 3.63) is 52.4 Å². The first kappa shape index (κ1) is 17.9. The van der Waals surface area contributed by atoms with E-state index in [0.29, 0.717) is 11.4 Å². The Bertz CT molecular complexity index is 710. The monoisotopic (exact) mass is 327 g/mol. The zero-order valence-electron chi connectivity index (χ0n) is 14.3. The van der Waals surface area contributed by atoms with E-state index in [2.05, 4.69) is 22.2 Å². The average Bonchev–Trinajstić information content (AvgIpc) is 2.59. The van der Waals surface area contributed by atoms with Crippen LogP contribution in [0.3, 0.4) is 0 Å². The van der Waals surface area contributed by atoms with E-state index >= 15 is 0 Å². The third-order valence-corrected chi connectivity index (χ3v) is 3.96. The number of rotatable bonds is 8. The van der Waals surface area contributed by atoms with Crippen LogP contribution in [0.4, 0.5) is 0 Å². The van der Waals surface area contributed by atoms with Crippen LogP contribution in [0.5, 0.6) is 0 Å². The number of H-pyrrole nitrogens is 1. The third kappa shape index (κ3) is 5.05. The molecule has 24 heavy (non-hydrogen) atoms. The van der Waals surface area contributed by atoms with Gasteiger partial charge >= 0.3 is 0 Å². The van der Waals surface area contributed by atoms with Gasteiger partial charge in [0.15, 0.2) is 0 Å². The molecule has 2 heterocycles. The van der Waals surface area contributed by atoms with Gasteiger partial charge in [0.25, 0.3) is 11.5 Å². The summed E-state index contributed by atoms with van der Waals surface area (Å²) in [5, 5.41) is 2.90. The molecule has 1 atom stereocenters. The molecule has 2 aromatic heterocycles. The van der Waals surface area contributed by atoms with Gasteiger partial charge in [-0.2, -0.15) is 0 Å². The van der Waals surface area contributed by atoms with Crippen molar-refractivity contribution in [2.75, 3.05) is 0 Å². The van der Waals surface area contributed by atoms with Gasteiger partial charge in [-0.25, -0.2) is 0 Å². The Labute approximate surface area is 142 Å². The second-order valence-corrected chi connectivity index (χ2v) is 6.05. The molecule has 0 radical (unpaired) electrons. The Hall–Kier alpha value is -2.43. The van der Waals surface area contributed by atoms with E-state index in [0.717, 1.165) is 12.8 Å². The van der Waals surface area contributed by atoms with E-state index in [4.69, 9.17) is 0 Å². The number of pyridine rings is 2. The summed E-state index contributed by atoms with van der Waals surface area (Å²) in [6.45, 7) is 4.15. The normalized spacial score (nSPS) is 11.9. The predicted molar refractivity (Wildman–Crippen MR) is 96.0 cm³/mol. The average molecular weight is 327 g/mol. The standard InChI is InChI=1S/C19H25N3O2/c1-3-4-5-6-9-14(2)21-18(23)15-11-12-17(22-19(15)24)16-10-7-8-13-20-16/h7-8,10-14H,3-6,9H2,1-2H3,(H,21,23)(H,22,24)/t14-/m1/s1. The molecule has 2 N–H and O–H groups in total. The van der Waals surface area contributed by atoms with Crippen molar-refractivity contribution in [1.29, 1.82) is 0 Å². The van der Waals surface area contributed by atoms with Crippen molar-refractivity contribution in [2.24, 2.45) is 0 Å². The lowest BCUT2D eigenvalue weighted by Gasteiger charge is -2.13. The van der Waals surface area contributed by atoms with Gasteiger partial charge in [-0.3, -0.25) is 14.6 Å². The second kappa shape index (κ2) is 9.01. The fourth-order valence-corrected chi connectivity index (χ4v) is 2.57. The zero-order valence-corrected chi connectivity index (χ0v) is 14.3. The number of nitrogens with one attached hydrogen (secondary N) is 2. The number of nitrogens with zero attached hydrogens (tertiary/aromatic N) is 1. The van der Waals surface area contributed by atoms with E-state index in [1.165, 1.54) is 19.3 Å². The van der Waals surface area contributed by atoms with Gasteiger partial charge in [-0.1, -0.05) is 38.7 Å². The fraction of sp³-hybridized carbons (Fsp3) is 0.421. The summed E-state index contributed by atoms with van der Waals surface area (Å²) in [4.78, 5) is 31.4. The van der Waals surface area contributed by atoms with E-state index in [-0.39, 0.29) is 17.5 Å². The largest absolute Gasteiger partial charge is 0.349 e.